The lowest BCUT2D eigenvalue weighted by atomic mass is 10.0. The van der Waals surface area contributed by atoms with Crippen LogP contribution >= 0.6 is 11.3 Å². The second-order valence-corrected chi connectivity index (χ2v) is 4.10. The summed E-state index contributed by atoms with van der Waals surface area (Å²) in [5.41, 5.74) is 1.75. The minimum Gasteiger partial charge on any atom is -0.499 e. The van der Waals surface area contributed by atoms with E-state index in [0.29, 0.717) is 5.56 Å². The molecule has 2 nitrogen and oxygen atoms in total. The summed E-state index contributed by atoms with van der Waals surface area (Å²) in [6, 6.07) is 7.80. The molecule has 3 heteroatoms. The highest BCUT2D eigenvalue weighted by molar-refractivity contribution is 7.20. The Morgan fingerprint density at radius 3 is 2.93 bits per heavy atom. The summed E-state index contributed by atoms with van der Waals surface area (Å²) >= 11 is 1.27. The summed E-state index contributed by atoms with van der Waals surface area (Å²) < 4.78 is 0.893. The summed E-state index contributed by atoms with van der Waals surface area (Å²) in [5.74, 6) is 0. The second kappa shape index (κ2) is 3.32. The molecular weight excluding hydrogens is 194 g/mol. The minimum atomic E-state index is 0.268. The number of nitrogens with zero attached hydrogens (tertiary/aromatic N) is 1. The van der Waals surface area contributed by atoms with Gasteiger partial charge in [-0.15, -0.1) is 0 Å². The SMILES string of the molecule is CCc1ccc2cc(O)sc2c1C#N. The Labute approximate surface area is 86.0 Å². The van der Waals surface area contributed by atoms with Gasteiger partial charge in [0.1, 0.15) is 6.07 Å². The summed E-state index contributed by atoms with van der Waals surface area (Å²) in [6.07, 6.45) is 0.845. The van der Waals surface area contributed by atoms with Crippen LogP contribution in [0.1, 0.15) is 18.1 Å². The zero-order valence-electron chi connectivity index (χ0n) is 7.74. The molecule has 0 unspecified atom stereocenters. The molecule has 70 valence electrons. The molecule has 1 aromatic carbocycles. The molecule has 0 spiro atoms. The first-order valence-corrected chi connectivity index (χ1v) is 5.22. The lowest BCUT2D eigenvalue weighted by molar-refractivity contribution is 0.491. The van der Waals surface area contributed by atoms with Gasteiger partial charge in [0.2, 0.25) is 0 Å². The third-order valence-electron chi connectivity index (χ3n) is 2.25. The van der Waals surface area contributed by atoms with E-state index in [9.17, 15) is 5.11 Å². The van der Waals surface area contributed by atoms with Gasteiger partial charge in [-0.3, -0.25) is 0 Å². The van der Waals surface area contributed by atoms with Crippen molar-refractivity contribution in [1.82, 2.24) is 0 Å². The fraction of sp³-hybridized carbons (Fsp3) is 0.182. The first-order valence-electron chi connectivity index (χ1n) is 4.40. The number of fused-ring (bicyclic) bond motifs is 1. The zero-order valence-corrected chi connectivity index (χ0v) is 8.56. The van der Waals surface area contributed by atoms with Crippen molar-refractivity contribution in [3.63, 3.8) is 0 Å². The van der Waals surface area contributed by atoms with Crippen molar-refractivity contribution in [3.8, 4) is 11.1 Å². The van der Waals surface area contributed by atoms with Crippen LogP contribution in [0.2, 0.25) is 0 Å². The van der Waals surface area contributed by atoms with Crippen molar-refractivity contribution in [1.29, 1.82) is 5.26 Å². The van der Waals surface area contributed by atoms with Crippen LogP contribution in [0.4, 0.5) is 0 Å². The van der Waals surface area contributed by atoms with Crippen LogP contribution in [0.5, 0.6) is 5.06 Å². The Bertz CT molecular complexity index is 522. The maximum Gasteiger partial charge on any atom is 0.172 e. The molecule has 2 rings (SSSR count). The summed E-state index contributed by atoms with van der Waals surface area (Å²) in [6.45, 7) is 2.02. The van der Waals surface area contributed by atoms with Crippen LogP contribution in [0.15, 0.2) is 18.2 Å². The standard InChI is InChI=1S/C11H9NOS/c1-2-7-3-4-8-5-10(13)14-11(8)9(7)6-12/h3-5,13H,2H2,1H3. The quantitative estimate of drug-likeness (QED) is 0.774. The van der Waals surface area contributed by atoms with Gasteiger partial charge in [-0.1, -0.05) is 30.4 Å². The molecule has 0 radical (unpaired) electrons. The number of rotatable bonds is 1. The Morgan fingerprint density at radius 2 is 2.29 bits per heavy atom. The van der Waals surface area contributed by atoms with Crippen molar-refractivity contribution >= 4 is 21.4 Å². The first kappa shape index (κ1) is 9.04. The number of benzene rings is 1. The lowest BCUT2D eigenvalue weighted by Crippen LogP contribution is -1.86. The van der Waals surface area contributed by atoms with Gasteiger partial charge in [0.15, 0.2) is 5.06 Å². The maximum atomic E-state index is 9.35. The topological polar surface area (TPSA) is 44.0 Å². The fourth-order valence-electron chi connectivity index (χ4n) is 1.55. The van der Waals surface area contributed by atoms with Gasteiger partial charge in [0.05, 0.1) is 10.3 Å². The molecule has 1 aromatic heterocycles. The largest absolute Gasteiger partial charge is 0.499 e. The van der Waals surface area contributed by atoms with Gasteiger partial charge < -0.3 is 5.11 Å². The number of hydrogen-bond acceptors (Lipinski definition) is 3. The van der Waals surface area contributed by atoms with E-state index in [1.807, 2.05) is 19.1 Å². The zero-order chi connectivity index (χ0) is 10.1. The third-order valence-corrected chi connectivity index (χ3v) is 3.22. The number of aromatic hydroxyl groups is 1. The number of nitriles is 1. The fourth-order valence-corrected chi connectivity index (χ4v) is 2.47. The van der Waals surface area contributed by atoms with E-state index in [0.717, 1.165) is 22.1 Å². The summed E-state index contributed by atoms with van der Waals surface area (Å²) in [5, 5.41) is 19.6. The average Bonchev–Trinajstić information content (AvgIpc) is 2.56. The van der Waals surface area contributed by atoms with Crippen molar-refractivity contribution < 1.29 is 5.11 Å². The molecule has 0 saturated heterocycles. The molecule has 0 aliphatic carbocycles. The van der Waals surface area contributed by atoms with Crippen molar-refractivity contribution in [2.75, 3.05) is 0 Å². The summed E-state index contributed by atoms with van der Waals surface area (Å²) in [4.78, 5) is 0. The monoisotopic (exact) mass is 203 g/mol. The minimum absolute atomic E-state index is 0.268. The molecule has 0 amide bonds. The highest BCUT2D eigenvalue weighted by Gasteiger charge is 2.09. The Hall–Kier alpha value is -1.53. The van der Waals surface area contributed by atoms with E-state index in [2.05, 4.69) is 6.07 Å². The van der Waals surface area contributed by atoms with Gasteiger partial charge in [0.25, 0.3) is 0 Å². The number of hydrogen-bond donors (Lipinski definition) is 1. The first-order chi connectivity index (χ1) is 6.76. The smallest absolute Gasteiger partial charge is 0.172 e. The van der Waals surface area contributed by atoms with Crippen molar-refractivity contribution in [3.05, 3.63) is 29.3 Å². The van der Waals surface area contributed by atoms with Gasteiger partial charge >= 0.3 is 0 Å². The van der Waals surface area contributed by atoms with Gasteiger partial charge in [-0.05, 0) is 23.4 Å². The Balaban J connectivity index is 2.84. The van der Waals surface area contributed by atoms with E-state index in [1.54, 1.807) is 6.07 Å². The molecule has 2 aromatic rings. The highest BCUT2D eigenvalue weighted by Crippen LogP contribution is 2.34. The molecule has 1 heterocycles. The van der Waals surface area contributed by atoms with Crippen LogP contribution in [-0.2, 0) is 6.42 Å². The van der Waals surface area contributed by atoms with Crippen LogP contribution in [0.25, 0.3) is 10.1 Å². The molecule has 0 atom stereocenters. The normalized spacial score (nSPS) is 10.3. The van der Waals surface area contributed by atoms with Crippen LogP contribution in [-0.4, -0.2) is 5.11 Å². The Morgan fingerprint density at radius 1 is 1.50 bits per heavy atom. The molecule has 0 fully saturated rings. The molecule has 0 aliphatic rings. The van der Waals surface area contributed by atoms with Crippen LogP contribution in [0, 0.1) is 11.3 Å². The van der Waals surface area contributed by atoms with E-state index >= 15 is 0 Å². The van der Waals surface area contributed by atoms with E-state index < -0.39 is 0 Å². The molecule has 0 saturated carbocycles. The van der Waals surface area contributed by atoms with Crippen molar-refractivity contribution in [2.45, 2.75) is 13.3 Å². The Kier molecular flexibility index (Phi) is 2.14. The maximum absolute atomic E-state index is 9.35. The molecular formula is C11H9NOS. The van der Waals surface area contributed by atoms with Gasteiger partial charge in [-0.2, -0.15) is 5.26 Å². The van der Waals surface area contributed by atoms with E-state index in [1.165, 1.54) is 11.3 Å². The third kappa shape index (κ3) is 1.24. The molecule has 0 aliphatic heterocycles. The number of aryl methyl sites for hydroxylation is 1. The second-order valence-electron chi connectivity index (χ2n) is 3.07. The molecule has 0 bridgehead atoms. The van der Waals surface area contributed by atoms with Crippen LogP contribution in [0.3, 0.4) is 0 Å². The van der Waals surface area contributed by atoms with E-state index in [-0.39, 0.29) is 5.06 Å². The van der Waals surface area contributed by atoms with E-state index in [4.69, 9.17) is 5.26 Å². The van der Waals surface area contributed by atoms with Crippen molar-refractivity contribution in [2.24, 2.45) is 0 Å². The lowest BCUT2D eigenvalue weighted by Gasteiger charge is -2.00. The average molecular weight is 203 g/mol. The summed E-state index contributed by atoms with van der Waals surface area (Å²) in [7, 11) is 0. The predicted octanol–water partition coefficient (Wildman–Crippen LogP) is 3.04. The van der Waals surface area contributed by atoms with Gasteiger partial charge in [0, 0.05) is 0 Å². The van der Waals surface area contributed by atoms with Gasteiger partial charge in [-0.25, -0.2) is 0 Å². The van der Waals surface area contributed by atoms with Crippen LogP contribution < -0.4 is 0 Å². The molecule has 1 N–H and O–H groups in total. The molecule has 14 heavy (non-hydrogen) atoms. The number of thiophene rings is 1. The predicted molar refractivity (Wildman–Crippen MR) is 57.6 cm³/mol. The highest BCUT2D eigenvalue weighted by atomic mass is 32.1.